The van der Waals surface area contributed by atoms with Gasteiger partial charge in [0.1, 0.15) is 6.26 Å². The second-order valence-corrected chi connectivity index (χ2v) is 7.11. The van der Waals surface area contributed by atoms with Crippen molar-refractivity contribution in [1.29, 1.82) is 0 Å². The number of nitrogens with one attached hydrogen (secondary N) is 1. The molecule has 1 aliphatic rings. The lowest BCUT2D eigenvalue weighted by atomic mass is 10.1. The Balaban J connectivity index is 2.09. The van der Waals surface area contributed by atoms with Crippen LogP contribution in [0.1, 0.15) is 31.5 Å². The lowest BCUT2D eigenvalue weighted by molar-refractivity contribution is 0.457. The number of hydrogen-bond donors (Lipinski definition) is 1. The van der Waals surface area contributed by atoms with Crippen LogP contribution in [-0.4, -0.2) is 31.5 Å². The first kappa shape index (κ1) is 12.6. The Labute approximate surface area is 102 Å². The quantitative estimate of drug-likeness (QED) is 0.873. The highest BCUT2D eigenvalue weighted by atomic mass is 32.2. The predicted molar refractivity (Wildman–Crippen MR) is 64.4 cm³/mol. The molecule has 1 atom stereocenters. The molecule has 1 aromatic heterocycles. The molecule has 1 aromatic rings. The van der Waals surface area contributed by atoms with Gasteiger partial charge in [0.15, 0.2) is 15.7 Å². The molecule has 96 valence electrons. The minimum Gasteiger partial charge on any atom is -0.449 e. The van der Waals surface area contributed by atoms with E-state index < -0.39 is 9.84 Å². The molecule has 2 rings (SSSR count). The fraction of sp³-hybridized carbons (Fsp3) is 0.727. The summed E-state index contributed by atoms with van der Waals surface area (Å²) in [6, 6.07) is -0.224. The summed E-state index contributed by atoms with van der Waals surface area (Å²) in [4.78, 5) is 4.35. The Bertz CT molecular complexity index is 479. The summed E-state index contributed by atoms with van der Waals surface area (Å²) in [5, 5.41) is 3.16. The van der Waals surface area contributed by atoms with E-state index in [9.17, 15) is 8.42 Å². The van der Waals surface area contributed by atoms with Crippen molar-refractivity contribution in [1.82, 2.24) is 10.3 Å². The lowest BCUT2D eigenvalue weighted by Gasteiger charge is -2.21. The van der Waals surface area contributed by atoms with Crippen LogP contribution < -0.4 is 5.32 Å². The average Bonchev–Trinajstić information content (AvgIpc) is 2.63. The van der Waals surface area contributed by atoms with Crippen LogP contribution in [0.4, 0.5) is 0 Å². The molecule has 17 heavy (non-hydrogen) atoms. The zero-order valence-electron chi connectivity index (χ0n) is 10.1. The number of rotatable bonds is 3. The van der Waals surface area contributed by atoms with Gasteiger partial charge in [-0.25, -0.2) is 13.4 Å². The molecule has 0 aromatic carbocycles. The van der Waals surface area contributed by atoms with Gasteiger partial charge in [0.05, 0.1) is 23.2 Å². The average molecular weight is 258 g/mol. The van der Waals surface area contributed by atoms with E-state index >= 15 is 0 Å². The molecule has 1 fully saturated rings. The fourth-order valence-corrected chi connectivity index (χ4v) is 3.29. The molecule has 1 aliphatic heterocycles. The predicted octanol–water partition coefficient (Wildman–Crippen LogP) is 0.932. The van der Waals surface area contributed by atoms with Crippen LogP contribution in [0.2, 0.25) is 0 Å². The van der Waals surface area contributed by atoms with Gasteiger partial charge < -0.3 is 9.73 Å². The van der Waals surface area contributed by atoms with E-state index in [0.717, 1.165) is 6.42 Å². The summed E-state index contributed by atoms with van der Waals surface area (Å²) in [7, 11) is -2.94. The minimum absolute atomic E-state index is 0.112. The molecule has 1 saturated heterocycles. The first-order valence-corrected chi connectivity index (χ1v) is 7.66. The molecule has 0 saturated carbocycles. The zero-order chi connectivity index (χ0) is 12.5. The Morgan fingerprint density at radius 3 is 3.00 bits per heavy atom. The highest BCUT2D eigenvalue weighted by Crippen LogP contribution is 2.19. The second-order valence-electron chi connectivity index (χ2n) is 4.89. The van der Waals surface area contributed by atoms with E-state index in [-0.39, 0.29) is 17.5 Å². The summed E-state index contributed by atoms with van der Waals surface area (Å²) >= 11 is 0. The maximum atomic E-state index is 11.5. The summed E-state index contributed by atoms with van der Waals surface area (Å²) in [6.07, 6.45) is 2.34. The van der Waals surface area contributed by atoms with Crippen LogP contribution in [0, 0.1) is 5.92 Å². The van der Waals surface area contributed by atoms with E-state index in [4.69, 9.17) is 4.42 Å². The number of sulfone groups is 1. The summed E-state index contributed by atoms with van der Waals surface area (Å²) in [5.74, 6) is 1.48. The van der Waals surface area contributed by atoms with E-state index in [1.165, 1.54) is 0 Å². The SMILES string of the molecule is CC(C)Cc1nc(C2CS(=O)(=O)CCN2)co1. The molecule has 6 heteroatoms. The molecule has 0 aliphatic carbocycles. The number of nitrogens with zero attached hydrogens (tertiary/aromatic N) is 1. The van der Waals surface area contributed by atoms with Crippen molar-refractivity contribution in [3.8, 4) is 0 Å². The van der Waals surface area contributed by atoms with E-state index in [1.54, 1.807) is 6.26 Å². The zero-order valence-corrected chi connectivity index (χ0v) is 11.0. The topological polar surface area (TPSA) is 72.2 Å². The van der Waals surface area contributed by atoms with Crippen LogP contribution in [0.15, 0.2) is 10.7 Å². The molecule has 0 spiro atoms. The first-order valence-electron chi connectivity index (χ1n) is 5.84. The van der Waals surface area contributed by atoms with E-state index in [1.807, 2.05) is 0 Å². The first-order chi connectivity index (χ1) is 7.96. The Morgan fingerprint density at radius 2 is 2.35 bits per heavy atom. The van der Waals surface area contributed by atoms with Gasteiger partial charge in [-0.1, -0.05) is 13.8 Å². The maximum Gasteiger partial charge on any atom is 0.194 e. The third-order valence-corrected chi connectivity index (χ3v) is 4.40. The molecule has 1 N–H and O–H groups in total. The largest absolute Gasteiger partial charge is 0.449 e. The van der Waals surface area contributed by atoms with Gasteiger partial charge in [-0.3, -0.25) is 0 Å². The Morgan fingerprint density at radius 1 is 1.59 bits per heavy atom. The molecule has 2 heterocycles. The third kappa shape index (κ3) is 3.29. The van der Waals surface area contributed by atoms with Crippen molar-refractivity contribution >= 4 is 9.84 Å². The molecule has 1 unspecified atom stereocenters. The summed E-state index contributed by atoms with van der Waals surface area (Å²) in [6.45, 7) is 4.67. The number of aromatic nitrogens is 1. The molecule has 0 bridgehead atoms. The maximum absolute atomic E-state index is 11.5. The molecule has 0 radical (unpaired) electrons. The molecular formula is C11H18N2O3S. The number of hydrogen-bond acceptors (Lipinski definition) is 5. The van der Waals surface area contributed by atoms with Crippen LogP contribution >= 0.6 is 0 Å². The minimum atomic E-state index is -2.94. The van der Waals surface area contributed by atoms with Gasteiger partial charge in [0, 0.05) is 13.0 Å². The van der Waals surface area contributed by atoms with Crippen LogP contribution in [0.3, 0.4) is 0 Å². The molecule has 0 amide bonds. The van der Waals surface area contributed by atoms with Crippen molar-refractivity contribution in [2.45, 2.75) is 26.3 Å². The summed E-state index contributed by atoms with van der Waals surface area (Å²) < 4.78 is 28.4. The van der Waals surface area contributed by atoms with Crippen LogP contribution in [0.25, 0.3) is 0 Å². The van der Waals surface area contributed by atoms with Crippen LogP contribution in [-0.2, 0) is 16.3 Å². The van der Waals surface area contributed by atoms with Gasteiger partial charge in [-0.05, 0) is 5.92 Å². The van der Waals surface area contributed by atoms with Gasteiger partial charge in [-0.15, -0.1) is 0 Å². The van der Waals surface area contributed by atoms with Gasteiger partial charge in [0.25, 0.3) is 0 Å². The highest BCUT2D eigenvalue weighted by Gasteiger charge is 2.27. The third-order valence-electron chi connectivity index (χ3n) is 2.73. The number of oxazole rings is 1. The Kier molecular flexibility index (Phi) is 3.53. The van der Waals surface area contributed by atoms with Crippen molar-refractivity contribution in [2.75, 3.05) is 18.1 Å². The van der Waals surface area contributed by atoms with Gasteiger partial charge in [-0.2, -0.15) is 0 Å². The van der Waals surface area contributed by atoms with Crippen molar-refractivity contribution < 1.29 is 12.8 Å². The van der Waals surface area contributed by atoms with Crippen LogP contribution in [0.5, 0.6) is 0 Å². The highest BCUT2D eigenvalue weighted by molar-refractivity contribution is 7.91. The van der Waals surface area contributed by atoms with Crippen molar-refractivity contribution in [3.05, 3.63) is 17.8 Å². The lowest BCUT2D eigenvalue weighted by Crippen LogP contribution is -2.39. The van der Waals surface area contributed by atoms with Gasteiger partial charge in [0.2, 0.25) is 0 Å². The Hall–Kier alpha value is -0.880. The standard InChI is InChI=1S/C11H18N2O3S/c1-8(2)5-11-13-9(6-16-11)10-7-17(14,15)4-3-12-10/h6,8,10,12H,3-5,7H2,1-2H3. The van der Waals surface area contributed by atoms with Crippen molar-refractivity contribution in [3.63, 3.8) is 0 Å². The fourth-order valence-electron chi connectivity index (χ4n) is 1.90. The van der Waals surface area contributed by atoms with Crippen molar-refractivity contribution in [2.24, 2.45) is 5.92 Å². The monoisotopic (exact) mass is 258 g/mol. The molecule has 5 nitrogen and oxygen atoms in total. The normalized spacial score (nSPS) is 24.1. The van der Waals surface area contributed by atoms with Gasteiger partial charge >= 0.3 is 0 Å². The smallest absolute Gasteiger partial charge is 0.194 e. The molecular weight excluding hydrogens is 240 g/mol. The second kappa shape index (κ2) is 4.78. The van der Waals surface area contributed by atoms with E-state index in [2.05, 4.69) is 24.1 Å². The van der Waals surface area contributed by atoms with E-state index in [0.29, 0.717) is 24.0 Å². The summed E-state index contributed by atoms with van der Waals surface area (Å²) in [5.41, 5.74) is 0.698.